The number of H-pyrrole nitrogens is 1. The molecule has 234 valence electrons. The fourth-order valence-corrected chi connectivity index (χ4v) is 5.18. The molecule has 3 aromatic heterocycles. The van der Waals surface area contributed by atoms with Crippen LogP contribution in [0.25, 0.3) is 22.3 Å². The van der Waals surface area contributed by atoms with Crippen LogP contribution in [0.2, 0.25) is 0 Å². The van der Waals surface area contributed by atoms with Crippen molar-refractivity contribution in [1.82, 2.24) is 40.6 Å². The highest BCUT2D eigenvalue weighted by Crippen LogP contribution is 2.27. The van der Waals surface area contributed by atoms with Crippen LogP contribution in [0.1, 0.15) is 65.5 Å². The highest BCUT2D eigenvalue weighted by molar-refractivity contribution is 6.06. The topological polar surface area (TPSA) is 137 Å². The first-order valence-electron chi connectivity index (χ1n) is 15.1. The quantitative estimate of drug-likeness (QED) is 0.163. The number of likely N-dealkylation sites (N-methyl/N-ethyl adjacent to an activating group) is 2. The molecule has 0 atom stereocenters. The maximum absolute atomic E-state index is 13.5. The second-order valence-corrected chi connectivity index (χ2v) is 11.6. The molecule has 0 saturated heterocycles. The molecule has 0 fully saturated rings. The van der Waals surface area contributed by atoms with Gasteiger partial charge in [-0.15, -0.1) is 0 Å². The van der Waals surface area contributed by atoms with Gasteiger partial charge in [-0.05, 0) is 77.5 Å². The summed E-state index contributed by atoms with van der Waals surface area (Å²) in [5.74, 6) is -0.422. The molecule has 0 saturated carbocycles. The van der Waals surface area contributed by atoms with Crippen molar-refractivity contribution < 1.29 is 9.59 Å². The standard InChI is InChI=1S/C33H44N8O3/c1-21(2)41-31-28(19-37-41)26(17-29(39-31)25-10-7-9-24(16-25)20-40(6)14-13-34-5)32(43)35-12-8-11-30(42)36-18-27-22(3)15-23(4)38-33(27)44/h7,9-10,15-17,19,21,34H,8,11-14,18,20H2,1-6H3,(H,35,43)(H,36,42)(H,38,44). The summed E-state index contributed by atoms with van der Waals surface area (Å²) in [7, 11) is 4.04. The Labute approximate surface area is 258 Å². The molecule has 0 radical (unpaired) electrons. The van der Waals surface area contributed by atoms with Crippen molar-refractivity contribution >= 4 is 22.8 Å². The first-order chi connectivity index (χ1) is 21.1. The maximum Gasteiger partial charge on any atom is 0.253 e. The Kier molecular flexibility index (Phi) is 11.0. The van der Waals surface area contributed by atoms with Gasteiger partial charge >= 0.3 is 0 Å². The number of benzene rings is 1. The first-order valence-corrected chi connectivity index (χ1v) is 15.1. The zero-order chi connectivity index (χ0) is 31.8. The van der Waals surface area contributed by atoms with Gasteiger partial charge in [0.05, 0.1) is 22.8 Å². The van der Waals surface area contributed by atoms with Gasteiger partial charge in [0.25, 0.3) is 11.5 Å². The van der Waals surface area contributed by atoms with Gasteiger partial charge < -0.3 is 25.8 Å². The molecule has 0 spiro atoms. The Morgan fingerprint density at radius 3 is 2.61 bits per heavy atom. The molecule has 11 nitrogen and oxygen atoms in total. The van der Waals surface area contributed by atoms with Gasteiger partial charge in [-0.2, -0.15) is 5.10 Å². The summed E-state index contributed by atoms with van der Waals surface area (Å²) in [5, 5.41) is 14.2. The third kappa shape index (κ3) is 8.18. The molecule has 0 aliphatic heterocycles. The lowest BCUT2D eigenvalue weighted by Gasteiger charge is -2.17. The molecular weight excluding hydrogens is 556 g/mol. The van der Waals surface area contributed by atoms with Crippen LogP contribution in [0.3, 0.4) is 0 Å². The number of amides is 2. The van der Waals surface area contributed by atoms with Crippen molar-refractivity contribution in [3.8, 4) is 11.3 Å². The Morgan fingerprint density at radius 2 is 1.89 bits per heavy atom. The van der Waals surface area contributed by atoms with Crippen LogP contribution in [-0.4, -0.2) is 70.2 Å². The zero-order valence-electron chi connectivity index (χ0n) is 26.6. The fraction of sp³-hybridized carbons (Fsp3) is 0.424. The molecule has 0 aliphatic rings. The van der Waals surface area contributed by atoms with Crippen LogP contribution >= 0.6 is 0 Å². The number of nitrogens with zero attached hydrogens (tertiary/aromatic N) is 4. The predicted molar refractivity (Wildman–Crippen MR) is 174 cm³/mol. The summed E-state index contributed by atoms with van der Waals surface area (Å²) in [5.41, 5.74) is 5.91. The summed E-state index contributed by atoms with van der Waals surface area (Å²) in [6.07, 6.45) is 2.37. The van der Waals surface area contributed by atoms with Crippen LogP contribution in [-0.2, 0) is 17.9 Å². The molecular formula is C33H44N8O3. The number of aryl methyl sites for hydroxylation is 2. The molecule has 4 N–H and O–H groups in total. The van der Waals surface area contributed by atoms with E-state index in [0.29, 0.717) is 40.8 Å². The normalized spacial score (nSPS) is 11.5. The number of aromatic nitrogens is 4. The zero-order valence-corrected chi connectivity index (χ0v) is 26.6. The van der Waals surface area contributed by atoms with E-state index >= 15 is 0 Å². The maximum atomic E-state index is 13.5. The van der Waals surface area contributed by atoms with E-state index in [-0.39, 0.29) is 36.4 Å². The second-order valence-electron chi connectivity index (χ2n) is 11.6. The van der Waals surface area contributed by atoms with Gasteiger partial charge in [-0.1, -0.05) is 18.2 Å². The number of hydrogen-bond acceptors (Lipinski definition) is 7. The fourth-order valence-electron chi connectivity index (χ4n) is 5.18. The number of aromatic amines is 1. The number of fused-ring (bicyclic) bond motifs is 1. The highest BCUT2D eigenvalue weighted by Gasteiger charge is 2.19. The van der Waals surface area contributed by atoms with Crippen LogP contribution in [0.15, 0.2) is 47.4 Å². The minimum Gasteiger partial charge on any atom is -0.352 e. The van der Waals surface area contributed by atoms with E-state index in [1.54, 1.807) is 6.20 Å². The molecule has 4 aromatic rings. The minimum atomic E-state index is -0.243. The Morgan fingerprint density at radius 1 is 1.09 bits per heavy atom. The van der Waals surface area contributed by atoms with E-state index < -0.39 is 0 Å². The number of carbonyl (C=O) groups is 2. The molecule has 0 unspecified atom stereocenters. The molecule has 0 bridgehead atoms. The van der Waals surface area contributed by atoms with Crippen molar-refractivity contribution in [1.29, 1.82) is 0 Å². The number of pyridine rings is 2. The number of carbonyl (C=O) groups excluding carboxylic acids is 2. The third-order valence-corrected chi connectivity index (χ3v) is 7.54. The van der Waals surface area contributed by atoms with Gasteiger partial charge in [0, 0.05) is 62.0 Å². The Bertz CT molecular complexity index is 1670. The van der Waals surface area contributed by atoms with Crippen LogP contribution in [0.5, 0.6) is 0 Å². The molecule has 4 rings (SSSR count). The SMILES string of the molecule is CNCCN(C)Cc1cccc(-c2cc(C(=O)NCCCC(=O)NCc3c(C)cc(C)[nH]c3=O)c3cnn(C(C)C)c3n2)c1. The number of nitrogens with one attached hydrogen (secondary N) is 4. The molecule has 0 aliphatic carbocycles. The summed E-state index contributed by atoms with van der Waals surface area (Å²) in [6, 6.07) is 12.0. The molecule has 3 heterocycles. The van der Waals surface area contributed by atoms with E-state index in [0.717, 1.165) is 42.0 Å². The monoisotopic (exact) mass is 600 g/mol. The van der Waals surface area contributed by atoms with Crippen molar-refractivity contribution in [3.05, 3.63) is 80.9 Å². The van der Waals surface area contributed by atoms with Crippen molar-refractivity contribution in [2.75, 3.05) is 33.7 Å². The van der Waals surface area contributed by atoms with E-state index in [2.05, 4.69) is 50.1 Å². The van der Waals surface area contributed by atoms with E-state index in [9.17, 15) is 14.4 Å². The lowest BCUT2D eigenvalue weighted by Crippen LogP contribution is -2.29. The van der Waals surface area contributed by atoms with E-state index in [1.165, 1.54) is 0 Å². The van der Waals surface area contributed by atoms with E-state index in [4.69, 9.17) is 4.98 Å². The molecule has 2 amide bonds. The largest absolute Gasteiger partial charge is 0.352 e. The Balaban J connectivity index is 1.45. The summed E-state index contributed by atoms with van der Waals surface area (Å²) in [4.78, 5) is 48.1. The average Bonchev–Trinajstić information content (AvgIpc) is 3.42. The van der Waals surface area contributed by atoms with E-state index in [1.807, 2.05) is 63.7 Å². The second kappa shape index (κ2) is 14.9. The van der Waals surface area contributed by atoms with Gasteiger partial charge in [0.15, 0.2) is 5.65 Å². The van der Waals surface area contributed by atoms with Crippen LogP contribution in [0.4, 0.5) is 0 Å². The first kappa shape index (κ1) is 32.6. The Hall–Kier alpha value is -4.35. The minimum absolute atomic E-state index is 0.0658. The lowest BCUT2D eigenvalue weighted by molar-refractivity contribution is -0.121. The van der Waals surface area contributed by atoms with Crippen LogP contribution in [0, 0.1) is 13.8 Å². The number of hydrogen-bond donors (Lipinski definition) is 4. The summed E-state index contributed by atoms with van der Waals surface area (Å²) in [6.45, 7) is 10.9. The van der Waals surface area contributed by atoms with Crippen molar-refractivity contribution in [2.45, 2.75) is 59.7 Å². The smallest absolute Gasteiger partial charge is 0.253 e. The van der Waals surface area contributed by atoms with Gasteiger partial charge in [-0.3, -0.25) is 14.4 Å². The van der Waals surface area contributed by atoms with Gasteiger partial charge in [-0.25, -0.2) is 9.67 Å². The molecule has 11 heteroatoms. The summed E-state index contributed by atoms with van der Waals surface area (Å²) < 4.78 is 1.83. The van der Waals surface area contributed by atoms with Crippen molar-refractivity contribution in [2.24, 2.45) is 0 Å². The lowest BCUT2D eigenvalue weighted by atomic mass is 10.0. The summed E-state index contributed by atoms with van der Waals surface area (Å²) >= 11 is 0. The number of rotatable bonds is 14. The van der Waals surface area contributed by atoms with Gasteiger partial charge in [0.1, 0.15) is 0 Å². The predicted octanol–water partition coefficient (Wildman–Crippen LogP) is 3.46. The van der Waals surface area contributed by atoms with Crippen molar-refractivity contribution in [3.63, 3.8) is 0 Å². The van der Waals surface area contributed by atoms with Crippen LogP contribution < -0.4 is 21.5 Å². The third-order valence-electron chi connectivity index (χ3n) is 7.54. The molecule has 1 aromatic carbocycles. The average molecular weight is 601 g/mol. The molecule has 44 heavy (non-hydrogen) atoms. The van der Waals surface area contributed by atoms with Gasteiger partial charge in [0.2, 0.25) is 5.91 Å². The highest BCUT2D eigenvalue weighted by atomic mass is 16.2.